The number of hydrogen-bond donors (Lipinski definition) is 3. The van der Waals surface area contributed by atoms with Gasteiger partial charge in [0.15, 0.2) is 0 Å². The summed E-state index contributed by atoms with van der Waals surface area (Å²) in [7, 11) is 0. The zero-order valence-electron chi connectivity index (χ0n) is 21.6. The van der Waals surface area contributed by atoms with Gasteiger partial charge in [-0.25, -0.2) is 14.0 Å². The molecule has 1 aliphatic rings. The zero-order valence-corrected chi connectivity index (χ0v) is 21.6. The lowest BCUT2D eigenvalue weighted by Crippen LogP contribution is -2.47. The van der Waals surface area contributed by atoms with Crippen molar-refractivity contribution in [2.24, 2.45) is 0 Å². The van der Waals surface area contributed by atoms with Crippen LogP contribution in [0.3, 0.4) is 0 Å². The van der Waals surface area contributed by atoms with Gasteiger partial charge in [0.2, 0.25) is 0 Å². The van der Waals surface area contributed by atoms with Gasteiger partial charge in [0, 0.05) is 37.6 Å². The van der Waals surface area contributed by atoms with Crippen LogP contribution in [0.2, 0.25) is 0 Å². The van der Waals surface area contributed by atoms with E-state index in [1.807, 2.05) is 4.90 Å². The van der Waals surface area contributed by atoms with E-state index in [0.717, 1.165) is 13.1 Å². The van der Waals surface area contributed by atoms with Gasteiger partial charge in [0.1, 0.15) is 5.82 Å². The first-order chi connectivity index (χ1) is 18.8. The summed E-state index contributed by atoms with van der Waals surface area (Å²) in [6, 6.07) is 16.8. The number of nitrogens with zero attached hydrogens (tertiary/aromatic N) is 2. The van der Waals surface area contributed by atoms with Gasteiger partial charge >= 0.3 is 18.1 Å². The van der Waals surface area contributed by atoms with Crippen molar-refractivity contribution in [3.05, 3.63) is 88.7 Å². The van der Waals surface area contributed by atoms with E-state index in [0.29, 0.717) is 24.5 Å². The number of amides is 1. The molecule has 212 valence electrons. The summed E-state index contributed by atoms with van der Waals surface area (Å²) in [6.07, 6.45) is -5.08. The van der Waals surface area contributed by atoms with Crippen molar-refractivity contribution in [3.63, 3.8) is 0 Å². The Labute approximate surface area is 227 Å². The number of hydrogen-bond acceptors (Lipinski definition) is 5. The highest BCUT2D eigenvalue weighted by Crippen LogP contribution is 2.28. The molecule has 1 saturated heterocycles. The van der Waals surface area contributed by atoms with Crippen molar-refractivity contribution < 1.29 is 42.2 Å². The number of nitrogens with one attached hydrogen (secondary N) is 1. The molecule has 0 unspecified atom stereocenters. The van der Waals surface area contributed by atoms with E-state index in [1.54, 1.807) is 18.2 Å². The zero-order chi connectivity index (χ0) is 29.6. The van der Waals surface area contributed by atoms with Crippen molar-refractivity contribution >= 4 is 34.9 Å². The van der Waals surface area contributed by atoms with Gasteiger partial charge in [-0.2, -0.15) is 13.2 Å². The molecule has 8 nitrogen and oxygen atoms in total. The van der Waals surface area contributed by atoms with Gasteiger partial charge in [0.25, 0.3) is 5.91 Å². The van der Waals surface area contributed by atoms with Crippen molar-refractivity contribution in [3.8, 4) is 0 Å². The Morgan fingerprint density at radius 3 is 1.93 bits per heavy atom. The molecule has 1 aliphatic heterocycles. The van der Waals surface area contributed by atoms with Crippen molar-refractivity contribution in [2.75, 3.05) is 41.3 Å². The normalized spacial score (nSPS) is 13.2. The molecule has 1 heterocycles. The maximum absolute atomic E-state index is 13.9. The van der Waals surface area contributed by atoms with Gasteiger partial charge in [-0.1, -0.05) is 24.3 Å². The van der Waals surface area contributed by atoms with Gasteiger partial charge in [0.05, 0.1) is 16.8 Å². The van der Waals surface area contributed by atoms with Crippen LogP contribution in [0, 0.1) is 19.7 Å². The Hall–Kier alpha value is -4.61. The first-order valence-corrected chi connectivity index (χ1v) is 12.1. The molecule has 12 heteroatoms. The third-order valence-corrected chi connectivity index (χ3v) is 6.17. The predicted octanol–water partition coefficient (Wildman–Crippen LogP) is 5.35. The summed E-state index contributed by atoms with van der Waals surface area (Å²) in [5.41, 5.74) is 4.54. The van der Waals surface area contributed by atoms with E-state index in [1.165, 1.54) is 41.1 Å². The van der Waals surface area contributed by atoms with Crippen LogP contribution >= 0.6 is 0 Å². The van der Waals surface area contributed by atoms with E-state index < -0.39 is 29.8 Å². The van der Waals surface area contributed by atoms with E-state index in [-0.39, 0.29) is 11.1 Å². The van der Waals surface area contributed by atoms with Gasteiger partial charge in [-0.15, -0.1) is 0 Å². The monoisotopic (exact) mass is 561 g/mol. The Balaban J connectivity index is 0.000000559. The Kier molecular flexibility index (Phi) is 9.35. The number of alkyl halides is 3. The minimum atomic E-state index is -5.08. The third-order valence-electron chi connectivity index (χ3n) is 6.17. The van der Waals surface area contributed by atoms with E-state index in [2.05, 4.69) is 42.3 Å². The fourth-order valence-electron chi connectivity index (χ4n) is 4.15. The van der Waals surface area contributed by atoms with E-state index in [9.17, 15) is 32.3 Å². The smallest absolute Gasteiger partial charge is 0.478 e. The number of carboxylic acids is 2. The van der Waals surface area contributed by atoms with E-state index >= 15 is 0 Å². The SMILES string of the molecule is Cc1ccc(C)c(N2CCN(c3ccc(NC(=O)c4ccccc4F)cc3C(=O)O)CC2)c1.O=C(O)C(F)(F)F. The maximum Gasteiger partial charge on any atom is 0.490 e. The van der Waals surface area contributed by atoms with Crippen LogP contribution in [0.1, 0.15) is 31.8 Å². The minimum absolute atomic E-state index is 0.0963. The standard InChI is InChI=1S/C26H26FN3O3.C2HF3O2/c1-17-7-8-18(2)24(15-17)30-13-11-29(12-14-30)23-10-9-19(16-21(23)26(32)33)28-25(31)20-5-3-4-6-22(20)27;3-2(4,5)1(6)7/h3-10,15-16H,11-14H2,1-2H3,(H,28,31)(H,32,33);(H,6,7). The number of rotatable bonds is 5. The minimum Gasteiger partial charge on any atom is -0.478 e. The van der Waals surface area contributed by atoms with Crippen LogP contribution in [0.25, 0.3) is 0 Å². The van der Waals surface area contributed by atoms with Gasteiger partial charge in [-0.05, 0) is 61.4 Å². The first-order valence-electron chi connectivity index (χ1n) is 12.1. The third kappa shape index (κ3) is 7.49. The second-order valence-electron chi connectivity index (χ2n) is 9.04. The second kappa shape index (κ2) is 12.5. The molecule has 0 spiro atoms. The molecule has 0 bridgehead atoms. The number of aliphatic carboxylic acids is 1. The number of piperazine rings is 1. The van der Waals surface area contributed by atoms with E-state index in [4.69, 9.17) is 9.90 Å². The predicted molar refractivity (Wildman–Crippen MR) is 142 cm³/mol. The molecule has 1 fully saturated rings. The first kappa shape index (κ1) is 29.9. The van der Waals surface area contributed by atoms with Crippen LogP contribution in [0.15, 0.2) is 60.7 Å². The molecule has 4 rings (SSSR count). The van der Waals surface area contributed by atoms with Crippen LogP contribution < -0.4 is 15.1 Å². The van der Waals surface area contributed by atoms with Crippen LogP contribution in [-0.2, 0) is 4.79 Å². The number of aryl methyl sites for hydroxylation is 2. The summed E-state index contributed by atoms with van der Waals surface area (Å²) in [5, 5.41) is 19.5. The Bertz CT molecular complexity index is 1400. The molecular formula is C28H27F4N3O5. The molecule has 0 atom stereocenters. The second-order valence-corrected chi connectivity index (χ2v) is 9.04. The average Bonchev–Trinajstić information content (AvgIpc) is 2.90. The number of benzene rings is 3. The topological polar surface area (TPSA) is 110 Å². The summed E-state index contributed by atoms with van der Waals surface area (Å²) in [5.74, 6) is -5.09. The van der Waals surface area contributed by atoms with Crippen molar-refractivity contribution in [1.29, 1.82) is 0 Å². The summed E-state index contributed by atoms with van der Waals surface area (Å²) >= 11 is 0. The molecule has 3 aromatic rings. The molecule has 3 N–H and O–H groups in total. The lowest BCUT2D eigenvalue weighted by Gasteiger charge is -2.38. The van der Waals surface area contributed by atoms with Crippen LogP contribution in [-0.4, -0.2) is 60.4 Å². The number of carboxylic acid groups (broad SMARTS) is 2. The fourth-order valence-corrected chi connectivity index (χ4v) is 4.15. The molecular weight excluding hydrogens is 534 g/mol. The van der Waals surface area contributed by atoms with Crippen molar-refractivity contribution in [2.45, 2.75) is 20.0 Å². The molecule has 0 aromatic heterocycles. The quantitative estimate of drug-likeness (QED) is 0.360. The number of carbonyl (C=O) groups is 3. The maximum atomic E-state index is 13.9. The lowest BCUT2D eigenvalue weighted by molar-refractivity contribution is -0.192. The lowest BCUT2D eigenvalue weighted by atomic mass is 10.1. The molecule has 0 aliphatic carbocycles. The molecule has 1 amide bonds. The average molecular weight is 562 g/mol. The fraction of sp³-hybridized carbons (Fsp3) is 0.250. The van der Waals surface area contributed by atoms with Crippen LogP contribution in [0.4, 0.5) is 34.6 Å². The highest BCUT2D eigenvalue weighted by atomic mass is 19.4. The van der Waals surface area contributed by atoms with Crippen LogP contribution in [0.5, 0.6) is 0 Å². The number of anilines is 3. The largest absolute Gasteiger partial charge is 0.490 e. The summed E-state index contributed by atoms with van der Waals surface area (Å²) < 4.78 is 45.6. The van der Waals surface area contributed by atoms with Crippen molar-refractivity contribution in [1.82, 2.24) is 0 Å². The number of halogens is 4. The molecule has 0 saturated carbocycles. The highest BCUT2D eigenvalue weighted by molar-refractivity contribution is 6.05. The van der Waals surface area contributed by atoms with Gasteiger partial charge in [-0.3, -0.25) is 4.79 Å². The number of aromatic carboxylic acids is 1. The summed E-state index contributed by atoms with van der Waals surface area (Å²) in [4.78, 5) is 37.7. The van der Waals surface area contributed by atoms with Gasteiger partial charge < -0.3 is 25.3 Å². The molecule has 3 aromatic carbocycles. The molecule has 40 heavy (non-hydrogen) atoms. The highest BCUT2D eigenvalue weighted by Gasteiger charge is 2.38. The number of carbonyl (C=O) groups excluding carboxylic acids is 1. The Morgan fingerprint density at radius 2 is 1.38 bits per heavy atom. The molecule has 0 radical (unpaired) electrons. The summed E-state index contributed by atoms with van der Waals surface area (Å²) in [6.45, 7) is 7.07. The Morgan fingerprint density at radius 1 is 0.800 bits per heavy atom.